The van der Waals surface area contributed by atoms with E-state index in [0.29, 0.717) is 5.41 Å². The third-order valence-electron chi connectivity index (χ3n) is 4.96. The molecule has 1 rings (SSSR count). The van der Waals surface area contributed by atoms with Gasteiger partial charge in [0.05, 0.1) is 0 Å². The van der Waals surface area contributed by atoms with Gasteiger partial charge in [-0.15, -0.1) is 0 Å². The quantitative estimate of drug-likeness (QED) is 0.717. The summed E-state index contributed by atoms with van der Waals surface area (Å²) in [6.45, 7) is 17.8. The summed E-state index contributed by atoms with van der Waals surface area (Å²) in [5.74, 6) is 2.68. The van der Waals surface area contributed by atoms with Crippen molar-refractivity contribution in [2.45, 2.75) is 86.1 Å². The van der Waals surface area contributed by atoms with Gasteiger partial charge >= 0.3 is 0 Å². The first kappa shape index (κ1) is 17.0. The molecule has 0 aliphatic heterocycles. The summed E-state index contributed by atoms with van der Waals surface area (Å²) in [5.41, 5.74) is 0.816. The topological polar surface area (TPSA) is 12.0 Å². The zero-order chi connectivity index (χ0) is 14.7. The van der Waals surface area contributed by atoms with Gasteiger partial charge in [0.1, 0.15) is 0 Å². The molecule has 3 unspecified atom stereocenters. The third kappa shape index (κ3) is 5.85. The Morgan fingerprint density at radius 3 is 2.42 bits per heavy atom. The molecule has 1 fully saturated rings. The predicted molar refractivity (Wildman–Crippen MR) is 86.4 cm³/mol. The Morgan fingerprint density at radius 2 is 1.89 bits per heavy atom. The fourth-order valence-corrected chi connectivity index (χ4v) is 3.72. The van der Waals surface area contributed by atoms with Crippen molar-refractivity contribution in [2.24, 2.45) is 23.2 Å². The van der Waals surface area contributed by atoms with Crippen LogP contribution in [0.1, 0.15) is 80.6 Å². The Hall–Kier alpha value is -0.0400. The van der Waals surface area contributed by atoms with Gasteiger partial charge in [-0.1, -0.05) is 40.5 Å². The molecule has 114 valence electrons. The SMILES string of the molecule is CCCC(C)C1CC(C)(C)CCC1CNC(C)(C)C. The highest BCUT2D eigenvalue weighted by atomic mass is 14.9. The second kappa shape index (κ2) is 6.61. The maximum atomic E-state index is 3.75. The van der Waals surface area contributed by atoms with Gasteiger partial charge < -0.3 is 5.32 Å². The van der Waals surface area contributed by atoms with E-state index in [4.69, 9.17) is 0 Å². The molecule has 19 heavy (non-hydrogen) atoms. The summed E-state index contributed by atoms with van der Waals surface area (Å²) < 4.78 is 0. The Balaban J connectivity index is 2.65. The fraction of sp³-hybridized carbons (Fsp3) is 1.00. The fourth-order valence-electron chi connectivity index (χ4n) is 3.72. The number of nitrogens with one attached hydrogen (secondary N) is 1. The maximum absolute atomic E-state index is 3.75. The van der Waals surface area contributed by atoms with Crippen LogP contribution in [0.2, 0.25) is 0 Å². The van der Waals surface area contributed by atoms with E-state index in [1.165, 1.54) is 38.6 Å². The highest BCUT2D eigenvalue weighted by Crippen LogP contribution is 2.45. The normalized spacial score (nSPS) is 29.2. The van der Waals surface area contributed by atoms with Crippen molar-refractivity contribution in [1.82, 2.24) is 5.32 Å². The van der Waals surface area contributed by atoms with E-state index in [9.17, 15) is 0 Å². The van der Waals surface area contributed by atoms with Gasteiger partial charge in [-0.05, 0) is 69.7 Å². The van der Waals surface area contributed by atoms with E-state index in [2.05, 4.69) is 53.8 Å². The molecule has 0 aromatic heterocycles. The van der Waals surface area contributed by atoms with Crippen LogP contribution in [0.3, 0.4) is 0 Å². The molecular formula is C18H37N. The molecule has 0 saturated heterocycles. The maximum Gasteiger partial charge on any atom is 0.00966 e. The molecular weight excluding hydrogens is 230 g/mol. The van der Waals surface area contributed by atoms with Crippen molar-refractivity contribution >= 4 is 0 Å². The van der Waals surface area contributed by atoms with Gasteiger partial charge in [0, 0.05) is 5.54 Å². The Bertz CT molecular complexity index is 261. The lowest BCUT2D eigenvalue weighted by atomic mass is 9.63. The number of hydrogen-bond donors (Lipinski definition) is 1. The lowest BCUT2D eigenvalue weighted by Gasteiger charge is -2.44. The first-order valence-corrected chi connectivity index (χ1v) is 8.39. The minimum absolute atomic E-state index is 0.255. The van der Waals surface area contributed by atoms with Crippen molar-refractivity contribution in [1.29, 1.82) is 0 Å². The minimum Gasteiger partial charge on any atom is -0.312 e. The predicted octanol–water partition coefficient (Wildman–Crippen LogP) is 5.25. The first-order chi connectivity index (χ1) is 8.64. The van der Waals surface area contributed by atoms with Crippen LogP contribution in [0.15, 0.2) is 0 Å². The van der Waals surface area contributed by atoms with Gasteiger partial charge in [-0.25, -0.2) is 0 Å². The van der Waals surface area contributed by atoms with Crippen LogP contribution in [-0.4, -0.2) is 12.1 Å². The van der Waals surface area contributed by atoms with Crippen molar-refractivity contribution < 1.29 is 0 Å². The molecule has 0 aromatic rings. The molecule has 1 aliphatic carbocycles. The third-order valence-corrected chi connectivity index (χ3v) is 4.96. The molecule has 0 bridgehead atoms. The Kier molecular flexibility index (Phi) is 5.92. The molecule has 1 N–H and O–H groups in total. The van der Waals surface area contributed by atoms with Crippen LogP contribution < -0.4 is 5.32 Å². The largest absolute Gasteiger partial charge is 0.312 e. The summed E-state index contributed by atoms with van der Waals surface area (Å²) in [4.78, 5) is 0. The molecule has 1 nitrogen and oxygen atoms in total. The van der Waals surface area contributed by atoms with E-state index in [-0.39, 0.29) is 5.54 Å². The van der Waals surface area contributed by atoms with Crippen LogP contribution in [0, 0.1) is 23.2 Å². The minimum atomic E-state index is 0.255. The Morgan fingerprint density at radius 1 is 1.26 bits per heavy atom. The van der Waals surface area contributed by atoms with Gasteiger partial charge in [0.2, 0.25) is 0 Å². The van der Waals surface area contributed by atoms with Gasteiger partial charge in [0.15, 0.2) is 0 Å². The van der Waals surface area contributed by atoms with Crippen LogP contribution in [0.5, 0.6) is 0 Å². The zero-order valence-corrected chi connectivity index (χ0v) is 14.5. The second-order valence-corrected chi connectivity index (χ2v) is 8.73. The molecule has 0 radical (unpaired) electrons. The average molecular weight is 268 g/mol. The van der Waals surface area contributed by atoms with Gasteiger partial charge in [-0.3, -0.25) is 0 Å². The van der Waals surface area contributed by atoms with Crippen LogP contribution in [-0.2, 0) is 0 Å². The molecule has 3 atom stereocenters. The van der Waals surface area contributed by atoms with Crippen LogP contribution in [0.25, 0.3) is 0 Å². The summed E-state index contributed by atoms with van der Waals surface area (Å²) in [7, 11) is 0. The monoisotopic (exact) mass is 267 g/mol. The molecule has 1 saturated carbocycles. The molecule has 1 heteroatoms. The standard InChI is InChI=1S/C18H37N/c1-8-9-14(2)16-12-18(6,7)11-10-15(16)13-19-17(3,4)5/h14-16,19H,8-13H2,1-7H3. The van der Waals surface area contributed by atoms with Crippen molar-refractivity contribution in [3.8, 4) is 0 Å². The number of hydrogen-bond acceptors (Lipinski definition) is 1. The summed E-state index contributed by atoms with van der Waals surface area (Å²) in [5, 5.41) is 3.75. The summed E-state index contributed by atoms with van der Waals surface area (Å²) >= 11 is 0. The summed E-state index contributed by atoms with van der Waals surface area (Å²) in [6, 6.07) is 0. The molecule has 0 heterocycles. The smallest absolute Gasteiger partial charge is 0.00966 e. The van der Waals surface area contributed by atoms with E-state index in [1.807, 2.05) is 0 Å². The van der Waals surface area contributed by atoms with Gasteiger partial charge in [-0.2, -0.15) is 0 Å². The van der Waals surface area contributed by atoms with Crippen LogP contribution >= 0.6 is 0 Å². The van der Waals surface area contributed by atoms with E-state index < -0.39 is 0 Å². The van der Waals surface area contributed by atoms with E-state index >= 15 is 0 Å². The lowest BCUT2D eigenvalue weighted by molar-refractivity contribution is 0.0718. The average Bonchev–Trinajstić information content (AvgIpc) is 2.25. The molecule has 0 aromatic carbocycles. The molecule has 0 amide bonds. The summed E-state index contributed by atoms with van der Waals surface area (Å²) in [6.07, 6.45) is 6.96. The van der Waals surface area contributed by atoms with Crippen molar-refractivity contribution in [3.63, 3.8) is 0 Å². The lowest BCUT2D eigenvalue weighted by Crippen LogP contribution is -2.44. The second-order valence-electron chi connectivity index (χ2n) is 8.73. The van der Waals surface area contributed by atoms with E-state index in [1.54, 1.807) is 0 Å². The van der Waals surface area contributed by atoms with Crippen molar-refractivity contribution in [3.05, 3.63) is 0 Å². The number of rotatable bonds is 5. The van der Waals surface area contributed by atoms with Gasteiger partial charge in [0.25, 0.3) is 0 Å². The molecule has 1 aliphatic rings. The highest BCUT2D eigenvalue weighted by molar-refractivity contribution is 4.89. The first-order valence-electron chi connectivity index (χ1n) is 8.39. The molecule has 0 spiro atoms. The highest BCUT2D eigenvalue weighted by Gasteiger charge is 2.37. The van der Waals surface area contributed by atoms with E-state index in [0.717, 1.165) is 17.8 Å². The van der Waals surface area contributed by atoms with Crippen LogP contribution in [0.4, 0.5) is 0 Å². The zero-order valence-electron chi connectivity index (χ0n) is 14.5. The Labute approximate surface area is 121 Å². The van der Waals surface area contributed by atoms with Crippen molar-refractivity contribution in [2.75, 3.05) is 6.54 Å².